The van der Waals surface area contributed by atoms with Gasteiger partial charge in [0.05, 0.1) is 19.9 Å². The molecule has 3 aromatic rings. The molecule has 0 aliphatic heterocycles. The lowest BCUT2D eigenvalue weighted by atomic mass is 9.93. The molecule has 0 spiro atoms. The van der Waals surface area contributed by atoms with Gasteiger partial charge in [0.2, 0.25) is 0 Å². The third-order valence-electron chi connectivity index (χ3n) is 5.07. The van der Waals surface area contributed by atoms with Gasteiger partial charge in [-0.05, 0) is 37.1 Å². The Morgan fingerprint density at radius 1 is 1.10 bits per heavy atom. The standard InChI is InChI=1S/C23H30N4O3/c1-15-12-17(27-21(24-15)14-20(25-27)23(2,3)4)22(28)26(5)11-10-16-8-9-18(29-6)19(13-16)30-7/h8-9,12-14H,10-11H2,1-7H3. The first-order chi connectivity index (χ1) is 14.1. The van der Waals surface area contributed by atoms with Crippen molar-refractivity contribution in [3.05, 3.63) is 53.0 Å². The van der Waals surface area contributed by atoms with Crippen molar-refractivity contribution >= 4 is 11.6 Å². The van der Waals surface area contributed by atoms with Crippen molar-refractivity contribution in [2.75, 3.05) is 27.8 Å². The molecular formula is C23H30N4O3. The van der Waals surface area contributed by atoms with Crippen LogP contribution in [0.1, 0.15) is 48.2 Å². The van der Waals surface area contributed by atoms with E-state index < -0.39 is 0 Å². The van der Waals surface area contributed by atoms with E-state index in [0.29, 0.717) is 35.8 Å². The normalized spacial score (nSPS) is 11.6. The number of nitrogens with zero attached hydrogens (tertiary/aromatic N) is 4. The summed E-state index contributed by atoms with van der Waals surface area (Å²) in [6, 6.07) is 9.55. The summed E-state index contributed by atoms with van der Waals surface area (Å²) in [6.45, 7) is 8.74. The van der Waals surface area contributed by atoms with Crippen molar-refractivity contribution in [3.63, 3.8) is 0 Å². The van der Waals surface area contributed by atoms with Gasteiger partial charge in [0.15, 0.2) is 17.1 Å². The summed E-state index contributed by atoms with van der Waals surface area (Å²) in [5.41, 5.74) is 3.85. The number of carbonyl (C=O) groups excluding carboxylic acids is 1. The van der Waals surface area contributed by atoms with E-state index in [0.717, 1.165) is 17.0 Å². The van der Waals surface area contributed by atoms with Crippen LogP contribution in [0, 0.1) is 6.92 Å². The fraction of sp³-hybridized carbons (Fsp3) is 0.435. The quantitative estimate of drug-likeness (QED) is 0.620. The molecule has 0 aliphatic rings. The number of benzene rings is 1. The Hall–Kier alpha value is -3.09. The lowest BCUT2D eigenvalue weighted by molar-refractivity contribution is 0.0787. The molecule has 1 aromatic carbocycles. The van der Waals surface area contributed by atoms with Crippen molar-refractivity contribution < 1.29 is 14.3 Å². The minimum atomic E-state index is -0.124. The number of hydrogen-bond acceptors (Lipinski definition) is 5. The number of amides is 1. The third-order valence-corrected chi connectivity index (χ3v) is 5.07. The fourth-order valence-corrected chi connectivity index (χ4v) is 3.25. The summed E-state index contributed by atoms with van der Waals surface area (Å²) < 4.78 is 12.3. The molecule has 2 heterocycles. The summed E-state index contributed by atoms with van der Waals surface area (Å²) in [5, 5.41) is 4.66. The Labute approximate surface area is 177 Å². The minimum Gasteiger partial charge on any atom is -0.493 e. The van der Waals surface area contributed by atoms with Crippen LogP contribution in [-0.4, -0.2) is 53.2 Å². The number of likely N-dealkylation sites (N-methyl/N-ethyl adjacent to an activating group) is 1. The highest BCUT2D eigenvalue weighted by molar-refractivity contribution is 5.93. The zero-order valence-corrected chi connectivity index (χ0v) is 18.8. The Morgan fingerprint density at radius 2 is 1.80 bits per heavy atom. The number of methoxy groups -OCH3 is 2. The van der Waals surface area contributed by atoms with Gasteiger partial charge in [-0.15, -0.1) is 0 Å². The van der Waals surface area contributed by atoms with Crippen LogP contribution in [0.15, 0.2) is 30.3 Å². The van der Waals surface area contributed by atoms with Crippen LogP contribution in [0.25, 0.3) is 5.65 Å². The maximum Gasteiger partial charge on any atom is 0.272 e. The molecule has 0 N–H and O–H groups in total. The van der Waals surface area contributed by atoms with Crippen molar-refractivity contribution in [2.45, 2.75) is 39.5 Å². The molecule has 0 radical (unpaired) electrons. The van der Waals surface area contributed by atoms with Gasteiger partial charge in [0, 0.05) is 30.8 Å². The fourth-order valence-electron chi connectivity index (χ4n) is 3.25. The van der Waals surface area contributed by atoms with Crippen LogP contribution in [0.2, 0.25) is 0 Å². The van der Waals surface area contributed by atoms with Crippen LogP contribution in [0.5, 0.6) is 11.5 Å². The maximum atomic E-state index is 13.2. The second kappa shape index (κ2) is 8.34. The Balaban J connectivity index is 1.82. The molecular weight excluding hydrogens is 380 g/mol. The molecule has 7 nitrogen and oxygen atoms in total. The molecule has 1 amide bonds. The second-order valence-corrected chi connectivity index (χ2v) is 8.50. The lowest BCUT2D eigenvalue weighted by Crippen LogP contribution is -2.31. The smallest absolute Gasteiger partial charge is 0.272 e. The van der Waals surface area contributed by atoms with Crippen LogP contribution in [-0.2, 0) is 11.8 Å². The SMILES string of the molecule is COc1ccc(CCN(C)C(=O)c2cc(C)nc3cc(C(C)(C)C)nn23)cc1OC. The van der Waals surface area contributed by atoms with Gasteiger partial charge in [0.1, 0.15) is 5.69 Å². The lowest BCUT2D eigenvalue weighted by Gasteiger charge is -2.18. The van der Waals surface area contributed by atoms with Crippen LogP contribution >= 0.6 is 0 Å². The highest BCUT2D eigenvalue weighted by atomic mass is 16.5. The number of aromatic nitrogens is 3. The van der Waals surface area contributed by atoms with E-state index >= 15 is 0 Å². The molecule has 0 atom stereocenters. The van der Waals surface area contributed by atoms with Gasteiger partial charge in [-0.1, -0.05) is 26.8 Å². The highest BCUT2D eigenvalue weighted by Gasteiger charge is 2.22. The highest BCUT2D eigenvalue weighted by Crippen LogP contribution is 2.28. The second-order valence-electron chi connectivity index (χ2n) is 8.50. The molecule has 0 unspecified atom stereocenters. The summed E-state index contributed by atoms with van der Waals surface area (Å²) in [5.74, 6) is 1.28. The van der Waals surface area contributed by atoms with E-state index in [4.69, 9.17) is 9.47 Å². The molecule has 7 heteroatoms. The zero-order chi connectivity index (χ0) is 22.1. The number of fused-ring (bicyclic) bond motifs is 1. The number of ether oxygens (including phenoxy) is 2. The van der Waals surface area contributed by atoms with Crippen LogP contribution in [0.3, 0.4) is 0 Å². The van der Waals surface area contributed by atoms with Crippen molar-refractivity contribution in [1.29, 1.82) is 0 Å². The van der Waals surface area contributed by atoms with Gasteiger partial charge < -0.3 is 14.4 Å². The molecule has 160 valence electrons. The van der Waals surface area contributed by atoms with Gasteiger partial charge in [0.25, 0.3) is 5.91 Å². The molecule has 0 bridgehead atoms. The van der Waals surface area contributed by atoms with Crippen LogP contribution in [0.4, 0.5) is 0 Å². The number of hydrogen-bond donors (Lipinski definition) is 0. The monoisotopic (exact) mass is 410 g/mol. The van der Waals surface area contributed by atoms with Gasteiger partial charge in [-0.25, -0.2) is 9.50 Å². The molecule has 2 aromatic heterocycles. The average Bonchev–Trinajstić information content (AvgIpc) is 3.15. The van der Waals surface area contributed by atoms with Crippen molar-refractivity contribution in [2.24, 2.45) is 0 Å². The van der Waals surface area contributed by atoms with Crippen molar-refractivity contribution in [1.82, 2.24) is 19.5 Å². The first kappa shape index (κ1) is 21.6. The van der Waals surface area contributed by atoms with E-state index in [2.05, 4.69) is 30.9 Å². The topological polar surface area (TPSA) is 69.0 Å². The third kappa shape index (κ3) is 4.40. The number of carbonyl (C=O) groups is 1. The molecule has 0 fully saturated rings. The molecule has 30 heavy (non-hydrogen) atoms. The summed E-state index contributed by atoms with van der Waals surface area (Å²) in [7, 11) is 5.03. The van der Waals surface area contributed by atoms with E-state index in [1.807, 2.05) is 31.2 Å². The van der Waals surface area contributed by atoms with E-state index in [1.165, 1.54) is 0 Å². The van der Waals surface area contributed by atoms with Crippen LogP contribution < -0.4 is 9.47 Å². The largest absolute Gasteiger partial charge is 0.493 e. The molecule has 0 saturated carbocycles. The maximum absolute atomic E-state index is 13.2. The predicted molar refractivity (Wildman–Crippen MR) is 117 cm³/mol. The molecule has 3 rings (SSSR count). The van der Waals surface area contributed by atoms with Gasteiger partial charge in [-0.2, -0.15) is 5.10 Å². The molecule has 0 aliphatic carbocycles. The summed E-state index contributed by atoms with van der Waals surface area (Å²) >= 11 is 0. The van der Waals surface area contributed by atoms with E-state index in [1.54, 1.807) is 36.7 Å². The number of aryl methyl sites for hydroxylation is 1. The minimum absolute atomic E-state index is 0.0884. The number of rotatable bonds is 6. The van der Waals surface area contributed by atoms with Gasteiger partial charge in [-0.3, -0.25) is 4.79 Å². The first-order valence-electron chi connectivity index (χ1n) is 9.98. The summed E-state index contributed by atoms with van der Waals surface area (Å²) in [6.07, 6.45) is 0.697. The van der Waals surface area contributed by atoms with Crippen molar-refractivity contribution in [3.8, 4) is 11.5 Å². The Kier molecular flexibility index (Phi) is 6.01. The zero-order valence-electron chi connectivity index (χ0n) is 18.8. The van der Waals surface area contributed by atoms with Gasteiger partial charge >= 0.3 is 0 Å². The Bertz CT molecular complexity index is 1070. The Morgan fingerprint density at radius 3 is 2.43 bits per heavy atom. The first-order valence-corrected chi connectivity index (χ1v) is 9.98. The summed E-state index contributed by atoms with van der Waals surface area (Å²) in [4.78, 5) is 19.5. The molecule has 0 saturated heterocycles. The van der Waals surface area contributed by atoms with E-state index in [9.17, 15) is 4.79 Å². The van der Waals surface area contributed by atoms with E-state index in [-0.39, 0.29) is 11.3 Å². The average molecular weight is 411 g/mol. The predicted octanol–water partition coefficient (Wildman–Crippen LogP) is 3.67.